The fourth-order valence-corrected chi connectivity index (χ4v) is 3.56. The predicted octanol–water partition coefficient (Wildman–Crippen LogP) is 3.58. The van der Waals surface area contributed by atoms with Gasteiger partial charge in [0.05, 0.1) is 11.8 Å². The van der Waals surface area contributed by atoms with Crippen LogP contribution < -0.4 is 0 Å². The molecule has 0 spiro atoms. The van der Waals surface area contributed by atoms with Gasteiger partial charge in [0.2, 0.25) is 0 Å². The molecule has 1 saturated heterocycles. The van der Waals surface area contributed by atoms with Crippen molar-refractivity contribution in [2.75, 3.05) is 13.1 Å². The van der Waals surface area contributed by atoms with Gasteiger partial charge in [0, 0.05) is 24.6 Å². The lowest BCUT2D eigenvalue weighted by atomic mass is 9.84. The van der Waals surface area contributed by atoms with E-state index in [0.29, 0.717) is 24.4 Å². The molecule has 0 bridgehead atoms. The average molecular weight is 342 g/mol. The predicted molar refractivity (Wildman–Crippen MR) is 96.3 cm³/mol. The molecule has 0 radical (unpaired) electrons. The third-order valence-electron chi connectivity index (χ3n) is 5.14. The monoisotopic (exact) mass is 342 g/mol. The second-order valence-corrected chi connectivity index (χ2v) is 7.63. The van der Waals surface area contributed by atoms with E-state index in [9.17, 15) is 9.90 Å². The standard InChI is InChI=1S/C20H26N2O3/c1-13-7-8-16(14(2)10-13)18-17(11-21-25-18)19(23)22-9-5-6-15(12-22)20(3,4)24/h7-8,10-11,15,24H,5-6,9,12H2,1-4H3. The van der Waals surface area contributed by atoms with Crippen molar-refractivity contribution in [3.63, 3.8) is 0 Å². The molecule has 2 heterocycles. The molecule has 134 valence electrons. The fourth-order valence-electron chi connectivity index (χ4n) is 3.56. The smallest absolute Gasteiger partial charge is 0.259 e. The van der Waals surface area contributed by atoms with Crippen molar-refractivity contribution in [3.05, 3.63) is 41.1 Å². The van der Waals surface area contributed by atoms with Crippen LogP contribution in [0.3, 0.4) is 0 Å². The molecule has 1 aliphatic heterocycles. The molecule has 1 aromatic heterocycles. The summed E-state index contributed by atoms with van der Waals surface area (Å²) >= 11 is 0. The van der Waals surface area contributed by atoms with Crippen LogP contribution in [0.4, 0.5) is 0 Å². The van der Waals surface area contributed by atoms with E-state index in [1.54, 1.807) is 0 Å². The summed E-state index contributed by atoms with van der Waals surface area (Å²) in [5.41, 5.74) is 2.81. The molecular formula is C20H26N2O3. The van der Waals surface area contributed by atoms with Gasteiger partial charge in [-0.25, -0.2) is 0 Å². The number of rotatable bonds is 3. The summed E-state index contributed by atoms with van der Waals surface area (Å²) in [7, 11) is 0. The Bertz CT molecular complexity index is 773. The summed E-state index contributed by atoms with van der Waals surface area (Å²) in [6.07, 6.45) is 3.33. The molecule has 0 aliphatic carbocycles. The molecule has 1 fully saturated rings. The van der Waals surface area contributed by atoms with Crippen LogP contribution in [-0.2, 0) is 0 Å². The molecule has 1 atom stereocenters. The zero-order chi connectivity index (χ0) is 18.2. The van der Waals surface area contributed by atoms with E-state index in [1.807, 2.05) is 44.7 Å². The maximum atomic E-state index is 13.1. The van der Waals surface area contributed by atoms with Crippen LogP contribution in [0.5, 0.6) is 0 Å². The molecule has 1 aliphatic rings. The third-order valence-corrected chi connectivity index (χ3v) is 5.14. The molecule has 2 aromatic rings. The van der Waals surface area contributed by atoms with Crippen molar-refractivity contribution in [3.8, 4) is 11.3 Å². The number of piperidine rings is 1. The van der Waals surface area contributed by atoms with Crippen LogP contribution in [0.15, 0.2) is 28.9 Å². The minimum atomic E-state index is -0.788. The van der Waals surface area contributed by atoms with Gasteiger partial charge in [-0.2, -0.15) is 0 Å². The second kappa shape index (κ2) is 6.64. The summed E-state index contributed by atoms with van der Waals surface area (Å²) in [6.45, 7) is 8.92. The highest BCUT2D eigenvalue weighted by Crippen LogP contribution is 2.31. The topological polar surface area (TPSA) is 66.6 Å². The lowest BCUT2D eigenvalue weighted by molar-refractivity contribution is -0.0146. The van der Waals surface area contributed by atoms with Crippen molar-refractivity contribution in [2.45, 2.75) is 46.1 Å². The van der Waals surface area contributed by atoms with Crippen molar-refractivity contribution in [2.24, 2.45) is 5.92 Å². The zero-order valence-corrected chi connectivity index (χ0v) is 15.4. The van der Waals surface area contributed by atoms with Crippen LogP contribution in [0.2, 0.25) is 0 Å². The van der Waals surface area contributed by atoms with Gasteiger partial charge in [0.1, 0.15) is 5.56 Å². The molecule has 1 N–H and O–H groups in total. The Hall–Kier alpha value is -2.14. The van der Waals surface area contributed by atoms with Gasteiger partial charge in [0.25, 0.3) is 5.91 Å². The Morgan fingerprint density at radius 3 is 2.80 bits per heavy atom. The van der Waals surface area contributed by atoms with E-state index in [0.717, 1.165) is 29.5 Å². The largest absolute Gasteiger partial charge is 0.390 e. The van der Waals surface area contributed by atoms with Gasteiger partial charge in [-0.15, -0.1) is 0 Å². The quantitative estimate of drug-likeness (QED) is 0.926. The fraction of sp³-hybridized carbons (Fsp3) is 0.500. The highest BCUT2D eigenvalue weighted by molar-refractivity contribution is 5.99. The number of aliphatic hydroxyl groups is 1. The van der Waals surface area contributed by atoms with E-state index in [1.165, 1.54) is 6.20 Å². The highest BCUT2D eigenvalue weighted by atomic mass is 16.5. The second-order valence-electron chi connectivity index (χ2n) is 7.63. The lowest BCUT2D eigenvalue weighted by Gasteiger charge is -2.38. The van der Waals surface area contributed by atoms with E-state index < -0.39 is 5.60 Å². The summed E-state index contributed by atoms with van der Waals surface area (Å²) in [4.78, 5) is 14.9. The molecular weight excluding hydrogens is 316 g/mol. The molecule has 5 nitrogen and oxygen atoms in total. The van der Waals surface area contributed by atoms with Gasteiger partial charge < -0.3 is 14.5 Å². The Morgan fingerprint density at radius 1 is 1.36 bits per heavy atom. The number of carbonyl (C=O) groups excluding carboxylic acids is 1. The summed E-state index contributed by atoms with van der Waals surface area (Å²) in [5, 5.41) is 14.2. The first-order chi connectivity index (χ1) is 11.8. The molecule has 3 rings (SSSR count). The number of nitrogens with zero attached hydrogens (tertiary/aromatic N) is 2. The zero-order valence-electron chi connectivity index (χ0n) is 15.4. The maximum absolute atomic E-state index is 13.1. The van der Waals surface area contributed by atoms with E-state index in [4.69, 9.17) is 4.52 Å². The Morgan fingerprint density at radius 2 is 2.12 bits per heavy atom. The summed E-state index contributed by atoms with van der Waals surface area (Å²) in [6, 6.07) is 6.04. The molecule has 25 heavy (non-hydrogen) atoms. The van der Waals surface area contributed by atoms with Gasteiger partial charge in [0.15, 0.2) is 5.76 Å². The van der Waals surface area contributed by atoms with E-state index >= 15 is 0 Å². The van der Waals surface area contributed by atoms with Crippen molar-refractivity contribution in [1.29, 1.82) is 0 Å². The normalized spacial score (nSPS) is 18.4. The van der Waals surface area contributed by atoms with Crippen molar-refractivity contribution in [1.82, 2.24) is 10.1 Å². The Labute approximate surface area is 148 Å². The minimum Gasteiger partial charge on any atom is -0.390 e. The van der Waals surface area contributed by atoms with Crippen LogP contribution in [0, 0.1) is 19.8 Å². The highest BCUT2D eigenvalue weighted by Gasteiger charge is 2.34. The average Bonchev–Trinajstić information content (AvgIpc) is 3.03. The van der Waals surface area contributed by atoms with Crippen molar-refractivity contribution < 1.29 is 14.4 Å². The molecule has 1 unspecified atom stereocenters. The van der Waals surface area contributed by atoms with Gasteiger partial charge in [-0.1, -0.05) is 28.9 Å². The summed E-state index contributed by atoms with van der Waals surface area (Å²) < 4.78 is 5.43. The first kappa shape index (κ1) is 17.7. The number of aryl methyl sites for hydroxylation is 2. The third kappa shape index (κ3) is 3.61. The molecule has 1 aromatic carbocycles. The molecule has 0 saturated carbocycles. The van der Waals surface area contributed by atoms with Gasteiger partial charge in [-0.3, -0.25) is 4.79 Å². The summed E-state index contributed by atoms with van der Waals surface area (Å²) in [5.74, 6) is 0.521. The van der Waals surface area contributed by atoms with Crippen molar-refractivity contribution >= 4 is 5.91 Å². The number of hydrogen-bond acceptors (Lipinski definition) is 4. The van der Waals surface area contributed by atoms with Crippen LogP contribution >= 0.6 is 0 Å². The van der Waals surface area contributed by atoms with E-state index in [-0.39, 0.29) is 11.8 Å². The first-order valence-electron chi connectivity index (χ1n) is 8.81. The Balaban J connectivity index is 1.88. The number of carbonyl (C=O) groups is 1. The first-order valence-corrected chi connectivity index (χ1v) is 8.81. The lowest BCUT2D eigenvalue weighted by Crippen LogP contribution is -2.46. The van der Waals surface area contributed by atoms with Crippen LogP contribution in [-0.4, -0.2) is 39.8 Å². The maximum Gasteiger partial charge on any atom is 0.259 e. The SMILES string of the molecule is Cc1ccc(-c2oncc2C(=O)N2CCCC(C(C)(C)O)C2)c(C)c1. The van der Waals surface area contributed by atoms with E-state index in [2.05, 4.69) is 11.2 Å². The number of likely N-dealkylation sites (tertiary alicyclic amines) is 1. The Kier molecular flexibility index (Phi) is 4.69. The minimum absolute atomic E-state index is 0.0784. The van der Waals surface area contributed by atoms with Gasteiger partial charge >= 0.3 is 0 Å². The van der Waals surface area contributed by atoms with Crippen LogP contribution in [0.1, 0.15) is 48.2 Å². The number of hydrogen-bond donors (Lipinski definition) is 1. The number of amides is 1. The number of aromatic nitrogens is 1. The molecule has 5 heteroatoms. The van der Waals surface area contributed by atoms with Crippen LogP contribution in [0.25, 0.3) is 11.3 Å². The van der Waals surface area contributed by atoms with Gasteiger partial charge in [-0.05, 0) is 46.1 Å². The number of benzene rings is 1. The molecule has 1 amide bonds.